The maximum atomic E-state index is 11.3. The van der Waals surface area contributed by atoms with E-state index in [-0.39, 0.29) is 4.90 Å². The lowest BCUT2D eigenvalue weighted by Crippen LogP contribution is -2.05. The number of alkyl halides is 1. The third kappa shape index (κ3) is 6.13. The van der Waals surface area contributed by atoms with Crippen LogP contribution in [0.25, 0.3) is 11.1 Å². The minimum Gasteiger partial charge on any atom is -0.369 e. The molecule has 0 radical (unpaired) electrons. The summed E-state index contributed by atoms with van der Waals surface area (Å²) >= 11 is 3.21. The standard InChI is InChI=1S/C13H11BrO3S.C3H8N2/c14-9-12-7-6-11(8-13(12)18(15,16)17)10-4-2-1-3-5-10;1-5(2)3-4/h1-8H,9H2,(H,15,16,17);3-4H,1-2H3. The summed E-state index contributed by atoms with van der Waals surface area (Å²) in [5.41, 5.74) is 2.20. The summed E-state index contributed by atoms with van der Waals surface area (Å²) in [5.74, 6) is 0. The average Bonchev–Trinajstić information content (AvgIpc) is 2.54. The highest BCUT2D eigenvalue weighted by molar-refractivity contribution is 9.08. The lowest BCUT2D eigenvalue weighted by molar-refractivity contribution is 0.482. The van der Waals surface area contributed by atoms with Crippen molar-refractivity contribution >= 4 is 32.4 Å². The molecule has 23 heavy (non-hydrogen) atoms. The molecule has 2 N–H and O–H groups in total. The van der Waals surface area contributed by atoms with Gasteiger partial charge >= 0.3 is 0 Å². The van der Waals surface area contributed by atoms with Gasteiger partial charge in [-0.1, -0.05) is 58.4 Å². The van der Waals surface area contributed by atoms with Crippen LogP contribution in [0.2, 0.25) is 0 Å². The molecule has 2 aromatic carbocycles. The van der Waals surface area contributed by atoms with Crippen molar-refractivity contribution in [3.05, 3.63) is 54.1 Å². The van der Waals surface area contributed by atoms with Gasteiger partial charge in [0.15, 0.2) is 0 Å². The average molecular weight is 399 g/mol. The molecule has 2 rings (SSSR count). The van der Waals surface area contributed by atoms with Crippen LogP contribution >= 0.6 is 15.9 Å². The molecule has 7 heteroatoms. The van der Waals surface area contributed by atoms with Gasteiger partial charge in [-0.3, -0.25) is 9.96 Å². The summed E-state index contributed by atoms with van der Waals surface area (Å²) in [6, 6.07) is 14.4. The van der Waals surface area contributed by atoms with Crippen molar-refractivity contribution in [2.75, 3.05) is 14.1 Å². The van der Waals surface area contributed by atoms with Crippen molar-refractivity contribution in [1.29, 1.82) is 5.41 Å². The monoisotopic (exact) mass is 398 g/mol. The van der Waals surface area contributed by atoms with E-state index in [2.05, 4.69) is 15.9 Å². The first-order chi connectivity index (χ1) is 10.8. The van der Waals surface area contributed by atoms with Crippen LogP contribution in [0.5, 0.6) is 0 Å². The zero-order valence-electron chi connectivity index (χ0n) is 12.9. The number of hydrogen-bond donors (Lipinski definition) is 2. The fourth-order valence-electron chi connectivity index (χ4n) is 1.72. The molecule has 0 unspecified atom stereocenters. The molecule has 124 valence electrons. The van der Waals surface area contributed by atoms with Crippen LogP contribution in [-0.2, 0) is 15.4 Å². The molecular weight excluding hydrogens is 380 g/mol. The molecule has 0 fully saturated rings. The van der Waals surface area contributed by atoms with Gasteiger partial charge in [0, 0.05) is 19.4 Å². The number of rotatable bonds is 4. The molecule has 0 aliphatic rings. The summed E-state index contributed by atoms with van der Waals surface area (Å²) in [5, 5.41) is 6.83. The highest BCUT2D eigenvalue weighted by atomic mass is 79.9. The summed E-state index contributed by atoms with van der Waals surface area (Å²) < 4.78 is 31.9. The first-order valence-corrected chi connectivity index (χ1v) is 9.24. The predicted molar refractivity (Wildman–Crippen MR) is 96.8 cm³/mol. The first kappa shape index (κ1) is 19.3. The third-order valence-electron chi connectivity index (χ3n) is 2.85. The van der Waals surface area contributed by atoms with Gasteiger partial charge in [-0.25, -0.2) is 0 Å². The fourth-order valence-corrected chi connectivity index (χ4v) is 3.14. The zero-order valence-corrected chi connectivity index (χ0v) is 15.3. The van der Waals surface area contributed by atoms with E-state index in [1.165, 1.54) is 12.4 Å². The predicted octanol–water partition coefficient (Wildman–Crippen LogP) is 3.65. The first-order valence-electron chi connectivity index (χ1n) is 6.68. The largest absolute Gasteiger partial charge is 0.369 e. The molecule has 0 aliphatic heterocycles. The SMILES string of the molecule is CN(C)C=N.O=S(=O)(O)c1cc(-c2ccccc2)ccc1CBr. The van der Waals surface area contributed by atoms with E-state index in [4.69, 9.17) is 5.41 Å². The topological polar surface area (TPSA) is 81.5 Å². The smallest absolute Gasteiger partial charge is 0.294 e. The van der Waals surface area contributed by atoms with E-state index >= 15 is 0 Å². The van der Waals surface area contributed by atoms with Gasteiger partial charge in [0.1, 0.15) is 0 Å². The Bertz CT molecular complexity index is 747. The van der Waals surface area contributed by atoms with Crippen LogP contribution in [0.15, 0.2) is 53.4 Å². The molecule has 0 aromatic heterocycles. The van der Waals surface area contributed by atoms with E-state index in [1.807, 2.05) is 50.5 Å². The van der Waals surface area contributed by atoms with Crippen molar-refractivity contribution < 1.29 is 13.0 Å². The Morgan fingerprint density at radius 2 is 1.70 bits per heavy atom. The van der Waals surface area contributed by atoms with Crippen LogP contribution in [0.1, 0.15) is 5.56 Å². The van der Waals surface area contributed by atoms with E-state index in [1.54, 1.807) is 11.0 Å². The summed E-state index contributed by atoms with van der Waals surface area (Å²) in [4.78, 5) is 1.61. The maximum absolute atomic E-state index is 11.3. The Hall–Kier alpha value is -1.70. The van der Waals surface area contributed by atoms with Gasteiger partial charge in [0.05, 0.1) is 11.2 Å². The van der Waals surface area contributed by atoms with Crippen molar-refractivity contribution in [2.45, 2.75) is 10.2 Å². The molecular formula is C16H19BrN2O3S. The number of halogens is 1. The van der Waals surface area contributed by atoms with Gasteiger partial charge < -0.3 is 4.90 Å². The van der Waals surface area contributed by atoms with Gasteiger partial charge in [0.2, 0.25) is 0 Å². The number of nitrogens with zero attached hydrogens (tertiary/aromatic N) is 1. The Morgan fingerprint density at radius 1 is 1.13 bits per heavy atom. The number of benzene rings is 2. The van der Waals surface area contributed by atoms with Crippen molar-refractivity contribution in [1.82, 2.24) is 4.90 Å². The third-order valence-corrected chi connectivity index (χ3v) is 4.39. The minimum atomic E-state index is -4.21. The zero-order chi connectivity index (χ0) is 17.5. The van der Waals surface area contributed by atoms with Crippen molar-refractivity contribution in [2.24, 2.45) is 0 Å². The van der Waals surface area contributed by atoms with E-state index in [0.29, 0.717) is 10.9 Å². The molecule has 0 saturated carbocycles. The Labute approximate surface area is 145 Å². The second kappa shape index (κ2) is 8.81. The highest BCUT2D eigenvalue weighted by Gasteiger charge is 2.15. The Balaban J connectivity index is 0.000000463. The van der Waals surface area contributed by atoms with Crippen molar-refractivity contribution in [3.63, 3.8) is 0 Å². The second-order valence-corrected chi connectivity index (χ2v) is 6.84. The van der Waals surface area contributed by atoms with Crippen LogP contribution in [0.3, 0.4) is 0 Å². The normalized spacial score (nSPS) is 10.4. The Morgan fingerprint density at radius 3 is 2.13 bits per heavy atom. The highest BCUT2D eigenvalue weighted by Crippen LogP contribution is 2.26. The molecule has 0 saturated heterocycles. The minimum absolute atomic E-state index is 0.0549. The van der Waals surface area contributed by atoms with E-state index in [0.717, 1.165) is 11.1 Å². The molecule has 2 aromatic rings. The van der Waals surface area contributed by atoms with Gasteiger partial charge in [-0.2, -0.15) is 8.42 Å². The van der Waals surface area contributed by atoms with Gasteiger partial charge in [-0.05, 0) is 22.8 Å². The molecule has 0 amide bonds. The second-order valence-electron chi connectivity index (χ2n) is 4.89. The molecule has 0 aliphatic carbocycles. The maximum Gasteiger partial charge on any atom is 0.294 e. The summed E-state index contributed by atoms with van der Waals surface area (Å²) in [6.45, 7) is 0. The van der Waals surface area contributed by atoms with Gasteiger partial charge in [-0.15, -0.1) is 0 Å². The number of hydrogen-bond acceptors (Lipinski definition) is 3. The van der Waals surface area contributed by atoms with E-state index < -0.39 is 10.1 Å². The lowest BCUT2D eigenvalue weighted by Gasteiger charge is -2.08. The summed E-state index contributed by atoms with van der Waals surface area (Å²) in [6.07, 6.45) is 1.25. The number of nitrogens with one attached hydrogen (secondary N) is 1. The van der Waals surface area contributed by atoms with Crippen molar-refractivity contribution in [3.8, 4) is 11.1 Å². The summed E-state index contributed by atoms with van der Waals surface area (Å²) in [7, 11) is -0.581. The lowest BCUT2D eigenvalue weighted by atomic mass is 10.0. The van der Waals surface area contributed by atoms with Crippen LogP contribution in [0, 0.1) is 5.41 Å². The quantitative estimate of drug-likeness (QED) is 0.356. The molecule has 0 bridgehead atoms. The van der Waals surface area contributed by atoms with Crippen LogP contribution in [0.4, 0.5) is 0 Å². The molecule has 0 atom stereocenters. The van der Waals surface area contributed by atoms with E-state index in [9.17, 15) is 13.0 Å². The van der Waals surface area contributed by atoms with Crippen LogP contribution in [-0.4, -0.2) is 38.3 Å². The molecule has 0 spiro atoms. The molecule has 5 nitrogen and oxygen atoms in total. The van der Waals surface area contributed by atoms with Gasteiger partial charge in [0.25, 0.3) is 10.1 Å². The molecule has 0 heterocycles. The Kier molecular flexibility index (Phi) is 7.41. The fraction of sp³-hybridized carbons (Fsp3) is 0.188. The van der Waals surface area contributed by atoms with Crippen LogP contribution < -0.4 is 0 Å².